The summed E-state index contributed by atoms with van der Waals surface area (Å²) in [4.78, 5) is 42.1. The highest BCUT2D eigenvalue weighted by atomic mass is 32.2. The van der Waals surface area contributed by atoms with Crippen LogP contribution in [0.15, 0.2) is 65.6 Å². The molecule has 0 aromatic heterocycles. The van der Waals surface area contributed by atoms with Gasteiger partial charge in [0, 0.05) is 30.0 Å². The lowest BCUT2D eigenvalue weighted by Crippen LogP contribution is -2.36. The Labute approximate surface area is 225 Å². The zero-order valence-corrected chi connectivity index (χ0v) is 22.0. The van der Waals surface area contributed by atoms with Crippen molar-refractivity contribution in [1.29, 1.82) is 0 Å². The molecule has 0 bridgehead atoms. The monoisotopic (exact) mass is 531 g/mol. The van der Waals surface area contributed by atoms with Gasteiger partial charge in [0.05, 0.1) is 24.7 Å². The van der Waals surface area contributed by atoms with Crippen LogP contribution in [0.1, 0.15) is 18.9 Å². The quantitative estimate of drug-likeness (QED) is 0.403. The molecule has 1 N–H and O–H groups in total. The van der Waals surface area contributed by atoms with Gasteiger partial charge < -0.3 is 19.7 Å². The topological polar surface area (TPSA) is 88.2 Å². The average Bonchev–Trinajstić information content (AvgIpc) is 3.20. The fourth-order valence-electron chi connectivity index (χ4n) is 4.45. The van der Waals surface area contributed by atoms with E-state index in [2.05, 4.69) is 10.2 Å². The Balaban J connectivity index is 1.29. The van der Waals surface area contributed by atoms with Crippen LogP contribution >= 0.6 is 11.8 Å². The third-order valence-electron chi connectivity index (χ3n) is 6.37. The maximum atomic E-state index is 13.2. The SMILES string of the molecule is CCCOc1ccc2ccccc2c1/C=C1\SC(=O)N(CC(=O)Nc2ccc(N3CCOCC3)cc2)C1=O. The van der Waals surface area contributed by atoms with Crippen molar-refractivity contribution in [3.05, 3.63) is 71.1 Å². The van der Waals surface area contributed by atoms with Crippen molar-refractivity contribution in [1.82, 2.24) is 4.90 Å². The minimum absolute atomic E-state index is 0.260. The van der Waals surface area contributed by atoms with E-state index in [1.807, 2.05) is 67.6 Å². The minimum Gasteiger partial charge on any atom is -0.493 e. The Bertz CT molecular complexity index is 1380. The molecule has 196 valence electrons. The Kier molecular flexibility index (Phi) is 7.95. The Hall–Kier alpha value is -3.82. The molecule has 2 aliphatic heterocycles. The zero-order valence-electron chi connectivity index (χ0n) is 21.1. The lowest BCUT2D eigenvalue weighted by Gasteiger charge is -2.28. The summed E-state index contributed by atoms with van der Waals surface area (Å²) in [6.45, 7) is 5.23. The number of fused-ring (bicyclic) bond motifs is 1. The number of hydrogen-bond acceptors (Lipinski definition) is 7. The molecule has 0 aliphatic carbocycles. The van der Waals surface area contributed by atoms with Crippen LogP contribution < -0.4 is 15.0 Å². The molecule has 3 aromatic rings. The van der Waals surface area contributed by atoms with Gasteiger partial charge in [-0.15, -0.1) is 0 Å². The number of amides is 3. The van der Waals surface area contributed by atoms with Gasteiger partial charge in [-0.25, -0.2) is 0 Å². The van der Waals surface area contributed by atoms with E-state index in [9.17, 15) is 14.4 Å². The molecule has 2 fully saturated rings. The molecule has 9 heteroatoms. The summed E-state index contributed by atoms with van der Waals surface area (Å²) < 4.78 is 11.3. The molecular formula is C29H29N3O5S. The summed E-state index contributed by atoms with van der Waals surface area (Å²) in [6, 6.07) is 19.2. The first-order valence-corrected chi connectivity index (χ1v) is 13.5. The smallest absolute Gasteiger partial charge is 0.294 e. The van der Waals surface area contributed by atoms with Crippen LogP contribution in [-0.4, -0.2) is 61.4 Å². The van der Waals surface area contributed by atoms with E-state index < -0.39 is 17.1 Å². The number of anilines is 2. The summed E-state index contributed by atoms with van der Waals surface area (Å²) in [7, 11) is 0. The van der Waals surface area contributed by atoms with Crippen molar-refractivity contribution >= 4 is 57.0 Å². The number of hydrogen-bond donors (Lipinski definition) is 1. The van der Waals surface area contributed by atoms with Gasteiger partial charge in [0.25, 0.3) is 11.1 Å². The van der Waals surface area contributed by atoms with E-state index in [0.717, 1.165) is 58.2 Å². The molecular weight excluding hydrogens is 502 g/mol. The molecule has 8 nitrogen and oxygen atoms in total. The van der Waals surface area contributed by atoms with Gasteiger partial charge in [-0.05, 0) is 65.4 Å². The third kappa shape index (κ3) is 5.69. The molecule has 3 amide bonds. The third-order valence-corrected chi connectivity index (χ3v) is 7.28. The predicted molar refractivity (Wildman–Crippen MR) is 151 cm³/mol. The number of nitrogens with zero attached hydrogens (tertiary/aromatic N) is 2. The van der Waals surface area contributed by atoms with E-state index in [4.69, 9.17) is 9.47 Å². The number of ether oxygens (including phenoxy) is 2. The van der Waals surface area contributed by atoms with E-state index >= 15 is 0 Å². The fraction of sp³-hybridized carbons (Fsp3) is 0.276. The largest absolute Gasteiger partial charge is 0.493 e. The second-order valence-corrected chi connectivity index (χ2v) is 10.0. The van der Waals surface area contributed by atoms with Crippen molar-refractivity contribution < 1.29 is 23.9 Å². The molecule has 2 saturated heterocycles. The highest BCUT2D eigenvalue weighted by Gasteiger charge is 2.36. The molecule has 5 rings (SSSR count). The molecule has 38 heavy (non-hydrogen) atoms. The fourth-order valence-corrected chi connectivity index (χ4v) is 5.27. The first-order valence-electron chi connectivity index (χ1n) is 12.7. The van der Waals surface area contributed by atoms with Crippen molar-refractivity contribution in [2.45, 2.75) is 13.3 Å². The molecule has 2 aliphatic rings. The number of rotatable bonds is 8. The summed E-state index contributed by atoms with van der Waals surface area (Å²) in [5.41, 5.74) is 2.40. The number of nitrogens with one attached hydrogen (secondary N) is 1. The van der Waals surface area contributed by atoms with E-state index in [-0.39, 0.29) is 11.4 Å². The molecule has 0 spiro atoms. The lowest BCUT2D eigenvalue weighted by molar-refractivity contribution is -0.127. The molecule has 0 atom stereocenters. The van der Waals surface area contributed by atoms with Crippen molar-refractivity contribution in [2.24, 2.45) is 0 Å². The summed E-state index contributed by atoms with van der Waals surface area (Å²) in [5.74, 6) is -0.285. The van der Waals surface area contributed by atoms with Crippen LogP contribution in [0.4, 0.5) is 16.2 Å². The maximum absolute atomic E-state index is 13.2. The standard InChI is InChI=1S/C29H29N3O5S/c1-2-15-37-25-12-7-20-5-3-4-6-23(20)24(25)18-26-28(34)32(29(35)38-26)19-27(33)30-21-8-10-22(11-9-21)31-13-16-36-17-14-31/h3-12,18H,2,13-17,19H2,1H3,(H,30,33)/b26-18-. The summed E-state index contributed by atoms with van der Waals surface area (Å²) >= 11 is 0.831. The molecule has 3 aromatic carbocycles. The number of carbonyl (C=O) groups is 3. The zero-order chi connectivity index (χ0) is 26.5. The Morgan fingerprint density at radius 1 is 1.05 bits per heavy atom. The molecule has 0 unspecified atom stereocenters. The summed E-state index contributed by atoms with van der Waals surface area (Å²) in [5, 5.41) is 4.23. The normalized spacial score (nSPS) is 16.9. The second kappa shape index (κ2) is 11.7. The highest BCUT2D eigenvalue weighted by molar-refractivity contribution is 8.18. The molecule has 0 radical (unpaired) electrons. The van der Waals surface area contributed by atoms with Gasteiger partial charge in [0.15, 0.2) is 0 Å². The van der Waals surface area contributed by atoms with Gasteiger partial charge in [0.1, 0.15) is 12.3 Å². The van der Waals surface area contributed by atoms with Gasteiger partial charge in [-0.2, -0.15) is 0 Å². The van der Waals surface area contributed by atoms with Crippen LogP contribution in [0, 0.1) is 0 Å². The second-order valence-electron chi connectivity index (χ2n) is 9.01. The Morgan fingerprint density at radius 3 is 2.58 bits per heavy atom. The molecule has 0 saturated carbocycles. The van der Waals surface area contributed by atoms with Crippen LogP contribution in [0.25, 0.3) is 16.8 Å². The number of carbonyl (C=O) groups excluding carboxylic acids is 3. The maximum Gasteiger partial charge on any atom is 0.294 e. The van der Waals surface area contributed by atoms with Gasteiger partial charge >= 0.3 is 0 Å². The van der Waals surface area contributed by atoms with E-state index in [0.29, 0.717) is 31.3 Å². The van der Waals surface area contributed by atoms with Crippen LogP contribution in [0.5, 0.6) is 5.75 Å². The van der Waals surface area contributed by atoms with Crippen LogP contribution in [0.3, 0.4) is 0 Å². The average molecular weight is 532 g/mol. The Morgan fingerprint density at radius 2 is 1.82 bits per heavy atom. The first-order chi connectivity index (χ1) is 18.5. The van der Waals surface area contributed by atoms with Gasteiger partial charge in [-0.1, -0.05) is 37.3 Å². The summed E-state index contributed by atoms with van der Waals surface area (Å²) in [6.07, 6.45) is 2.54. The van der Waals surface area contributed by atoms with E-state index in [1.54, 1.807) is 6.08 Å². The van der Waals surface area contributed by atoms with Crippen LogP contribution in [0.2, 0.25) is 0 Å². The van der Waals surface area contributed by atoms with Crippen molar-refractivity contribution in [3.63, 3.8) is 0 Å². The van der Waals surface area contributed by atoms with Crippen molar-refractivity contribution in [3.8, 4) is 5.75 Å². The number of thioether (sulfide) groups is 1. The first kappa shape index (κ1) is 25.8. The number of imide groups is 1. The number of morpholine rings is 1. The number of benzene rings is 3. The van der Waals surface area contributed by atoms with E-state index in [1.165, 1.54) is 0 Å². The predicted octanol–water partition coefficient (Wildman–Crippen LogP) is 5.14. The van der Waals surface area contributed by atoms with Crippen molar-refractivity contribution in [2.75, 3.05) is 49.7 Å². The minimum atomic E-state index is -0.493. The highest BCUT2D eigenvalue weighted by Crippen LogP contribution is 2.37. The van der Waals surface area contributed by atoms with Gasteiger partial charge in [-0.3, -0.25) is 19.3 Å². The lowest BCUT2D eigenvalue weighted by atomic mass is 10.0. The van der Waals surface area contributed by atoms with Gasteiger partial charge in [0.2, 0.25) is 5.91 Å². The van der Waals surface area contributed by atoms with Crippen LogP contribution in [-0.2, 0) is 14.3 Å². The molecule has 2 heterocycles.